The van der Waals surface area contributed by atoms with Gasteiger partial charge in [-0.15, -0.1) is 0 Å². The number of nitrogens with zero attached hydrogens (tertiary/aromatic N) is 1. The molecular formula is C17H21N3O5S2. The van der Waals surface area contributed by atoms with Crippen molar-refractivity contribution in [3.05, 3.63) is 36.0 Å². The van der Waals surface area contributed by atoms with E-state index < -0.39 is 21.6 Å². The quantitative estimate of drug-likeness (QED) is 0.642. The standard InChI is InChI=1S/C17H21N3O5S2/c1-11(21)9-17(2,3)20-14-10-18-16(26-14)19-15(22)12-7-5-6-8-13(12)25-27(4,23)24/h5-8,10,20H,9H2,1-4H3,(H,18,19,22). The van der Waals surface area contributed by atoms with Crippen molar-refractivity contribution in [1.82, 2.24) is 4.98 Å². The van der Waals surface area contributed by atoms with Gasteiger partial charge >= 0.3 is 10.1 Å². The van der Waals surface area contributed by atoms with Crippen LogP contribution in [-0.2, 0) is 14.9 Å². The molecule has 0 radical (unpaired) electrons. The summed E-state index contributed by atoms with van der Waals surface area (Å²) in [6.45, 7) is 5.31. The summed E-state index contributed by atoms with van der Waals surface area (Å²) in [7, 11) is -3.76. The first-order valence-corrected chi connectivity index (χ1v) is 10.6. The highest BCUT2D eigenvalue weighted by atomic mass is 32.2. The van der Waals surface area contributed by atoms with Crippen LogP contribution >= 0.6 is 11.3 Å². The third-order valence-corrected chi connectivity index (χ3v) is 4.56. The topological polar surface area (TPSA) is 114 Å². The van der Waals surface area contributed by atoms with Crippen molar-refractivity contribution < 1.29 is 22.2 Å². The van der Waals surface area contributed by atoms with Crippen LogP contribution in [0.5, 0.6) is 5.75 Å². The lowest BCUT2D eigenvalue weighted by Crippen LogP contribution is -2.32. The molecule has 0 aliphatic rings. The Bertz CT molecular complexity index is 951. The third kappa shape index (κ3) is 6.65. The van der Waals surface area contributed by atoms with Crippen LogP contribution in [0.3, 0.4) is 0 Å². The number of thiazole rings is 1. The van der Waals surface area contributed by atoms with Crippen LogP contribution in [-0.4, -0.2) is 36.9 Å². The van der Waals surface area contributed by atoms with E-state index in [9.17, 15) is 18.0 Å². The molecule has 1 aromatic carbocycles. The number of Topliss-reactive ketones (excluding diaryl/α,β-unsaturated/α-hetero) is 1. The van der Waals surface area contributed by atoms with Gasteiger partial charge in [0.2, 0.25) is 0 Å². The van der Waals surface area contributed by atoms with Gasteiger partial charge < -0.3 is 9.50 Å². The molecule has 1 heterocycles. The minimum atomic E-state index is -3.76. The highest BCUT2D eigenvalue weighted by Gasteiger charge is 2.21. The Morgan fingerprint density at radius 1 is 1.26 bits per heavy atom. The van der Waals surface area contributed by atoms with Gasteiger partial charge in [0.05, 0.1) is 18.0 Å². The summed E-state index contributed by atoms with van der Waals surface area (Å²) in [6, 6.07) is 6.02. The summed E-state index contributed by atoms with van der Waals surface area (Å²) in [5.74, 6) is -0.541. The lowest BCUT2D eigenvalue weighted by molar-refractivity contribution is -0.117. The molecule has 10 heteroatoms. The Hall–Kier alpha value is -2.46. The molecule has 0 aliphatic heterocycles. The van der Waals surface area contributed by atoms with Gasteiger partial charge in [-0.1, -0.05) is 23.5 Å². The van der Waals surface area contributed by atoms with Crippen molar-refractivity contribution in [3.63, 3.8) is 0 Å². The number of ketones is 1. The van der Waals surface area contributed by atoms with Gasteiger partial charge in [0.25, 0.3) is 5.91 Å². The molecule has 0 bridgehead atoms. The molecule has 2 N–H and O–H groups in total. The predicted molar refractivity (Wildman–Crippen MR) is 105 cm³/mol. The average molecular weight is 412 g/mol. The van der Waals surface area contributed by atoms with E-state index in [1.807, 2.05) is 13.8 Å². The summed E-state index contributed by atoms with van der Waals surface area (Å²) in [5.41, 5.74) is -0.375. The van der Waals surface area contributed by atoms with Gasteiger partial charge in [0.1, 0.15) is 10.8 Å². The van der Waals surface area contributed by atoms with Gasteiger partial charge in [-0.05, 0) is 32.9 Å². The smallest absolute Gasteiger partial charge is 0.306 e. The van der Waals surface area contributed by atoms with Crippen molar-refractivity contribution in [2.24, 2.45) is 0 Å². The van der Waals surface area contributed by atoms with Crippen molar-refractivity contribution in [2.45, 2.75) is 32.7 Å². The first-order valence-electron chi connectivity index (χ1n) is 7.98. The Labute approximate surface area is 162 Å². The van der Waals surface area contributed by atoms with E-state index in [0.717, 1.165) is 6.26 Å². The molecule has 8 nitrogen and oxygen atoms in total. The van der Waals surface area contributed by atoms with Crippen LogP contribution < -0.4 is 14.8 Å². The average Bonchev–Trinajstić information content (AvgIpc) is 2.90. The minimum absolute atomic E-state index is 0.0602. The van der Waals surface area contributed by atoms with Crippen LogP contribution in [0.4, 0.5) is 10.1 Å². The zero-order valence-corrected chi connectivity index (χ0v) is 17.0. The molecule has 0 unspecified atom stereocenters. The molecule has 0 saturated heterocycles. The number of benzene rings is 1. The number of carbonyl (C=O) groups excluding carboxylic acids is 2. The van der Waals surface area contributed by atoms with Crippen LogP contribution in [0.15, 0.2) is 30.5 Å². The zero-order valence-electron chi connectivity index (χ0n) is 15.4. The molecule has 1 aromatic heterocycles. The second-order valence-electron chi connectivity index (χ2n) is 6.66. The number of aromatic nitrogens is 1. The summed E-state index contributed by atoms with van der Waals surface area (Å²) >= 11 is 1.20. The minimum Gasteiger partial charge on any atom is -0.382 e. The molecule has 0 aliphatic carbocycles. The van der Waals surface area contributed by atoms with Crippen LogP contribution in [0, 0.1) is 0 Å². The monoisotopic (exact) mass is 411 g/mol. The molecule has 0 fully saturated rings. The predicted octanol–water partition coefficient (Wildman–Crippen LogP) is 2.90. The molecule has 0 atom stereocenters. The number of carbonyl (C=O) groups is 2. The van der Waals surface area contributed by atoms with Crippen molar-refractivity contribution in [1.29, 1.82) is 0 Å². The molecule has 2 aromatic rings. The molecule has 146 valence electrons. The van der Waals surface area contributed by atoms with E-state index >= 15 is 0 Å². The first kappa shape index (κ1) is 20.8. The van der Waals surface area contributed by atoms with Crippen LogP contribution in [0.2, 0.25) is 0 Å². The van der Waals surface area contributed by atoms with Gasteiger partial charge in [0.15, 0.2) is 10.9 Å². The Kier molecular flexibility index (Phi) is 6.22. The Morgan fingerprint density at radius 3 is 2.56 bits per heavy atom. The fourth-order valence-corrected chi connectivity index (χ4v) is 3.81. The van der Waals surface area contributed by atoms with Gasteiger partial charge in [-0.25, -0.2) is 4.98 Å². The van der Waals surface area contributed by atoms with Gasteiger partial charge in [-0.2, -0.15) is 8.42 Å². The number of para-hydroxylation sites is 1. The molecule has 1 amide bonds. The second kappa shape index (κ2) is 8.05. The van der Waals surface area contributed by atoms with Crippen molar-refractivity contribution >= 4 is 43.3 Å². The van der Waals surface area contributed by atoms with Crippen molar-refractivity contribution in [3.8, 4) is 5.75 Å². The summed E-state index contributed by atoms with van der Waals surface area (Å²) in [5, 5.41) is 6.84. The Balaban J connectivity index is 2.12. The highest BCUT2D eigenvalue weighted by molar-refractivity contribution is 7.86. The molecule has 27 heavy (non-hydrogen) atoms. The highest BCUT2D eigenvalue weighted by Crippen LogP contribution is 2.28. The van der Waals surface area contributed by atoms with E-state index in [2.05, 4.69) is 15.6 Å². The second-order valence-corrected chi connectivity index (χ2v) is 9.26. The van der Waals surface area contributed by atoms with Crippen molar-refractivity contribution in [2.75, 3.05) is 16.9 Å². The largest absolute Gasteiger partial charge is 0.382 e. The normalized spacial score (nSPS) is 11.7. The van der Waals surface area contributed by atoms with E-state index in [0.29, 0.717) is 16.6 Å². The lowest BCUT2D eigenvalue weighted by Gasteiger charge is -2.24. The van der Waals surface area contributed by atoms with Crippen LogP contribution in [0.1, 0.15) is 37.6 Å². The molecule has 0 spiro atoms. The number of rotatable bonds is 8. The number of nitrogens with one attached hydrogen (secondary N) is 2. The van der Waals surface area contributed by atoms with E-state index in [1.165, 1.54) is 30.4 Å². The summed E-state index contributed by atoms with van der Waals surface area (Å²) in [6.07, 6.45) is 2.81. The third-order valence-electron chi connectivity index (χ3n) is 3.25. The maximum atomic E-state index is 12.5. The number of hydrogen-bond donors (Lipinski definition) is 2. The fourth-order valence-electron chi connectivity index (χ4n) is 2.44. The zero-order chi connectivity index (χ0) is 20.2. The number of hydrogen-bond acceptors (Lipinski definition) is 8. The maximum Gasteiger partial charge on any atom is 0.306 e. The SMILES string of the molecule is CC(=O)CC(C)(C)Nc1cnc(NC(=O)c2ccccc2OS(C)(=O)=O)s1. The maximum absolute atomic E-state index is 12.5. The summed E-state index contributed by atoms with van der Waals surface area (Å²) < 4.78 is 27.5. The van der Waals surface area contributed by atoms with E-state index in [1.54, 1.807) is 18.3 Å². The van der Waals surface area contributed by atoms with Crippen LogP contribution in [0.25, 0.3) is 0 Å². The number of anilines is 2. The molecule has 0 saturated carbocycles. The van der Waals surface area contributed by atoms with Gasteiger partial charge in [0, 0.05) is 12.0 Å². The summed E-state index contributed by atoms with van der Waals surface area (Å²) in [4.78, 5) is 27.9. The van der Waals surface area contributed by atoms with E-state index in [4.69, 9.17) is 4.18 Å². The lowest BCUT2D eigenvalue weighted by atomic mass is 9.99. The molecule has 2 rings (SSSR count). The van der Waals surface area contributed by atoms with E-state index in [-0.39, 0.29) is 17.1 Å². The first-order chi connectivity index (χ1) is 12.5. The van der Waals surface area contributed by atoms with Gasteiger partial charge in [-0.3, -0.25) is 14.9 Å². The molecular weight excluding hydrogens is 390 g/mol. The fraction of sp³-hybridized carbons (Fsp3) is 0.353. The Morgan fingerprint density at radius 2 is 1.93 bits per heavy atom. The number of amides is 1.